The van der Waals surface area contributed by atoms with Gasteiger partial charge in [0.15, 0.2) is 0 Å². The topological polar surface area (TPSA) is 33.3 Å². The maximum absolute atomic E-state index is 5.59. The van der Waals surface area contributed by atoms with Gasteiger partial charge >= 0.3 is 0 Å². The van der Waals surface area contributed by atoms with Gasteiger partial charge in [0.1, 0.15) is 0 Å². The van der Waals surface area contributed by atoms with Crippen molar-refractivity contribution >= 4 is 0 Å². The molecule has 16 heavy (non-hydrogen) atoms. The normalized spacial score (nSPS) is 26.6. The van der Waals surface area contributed by atoms with Crippen molar-refractivity contribution in [2.75, 3.05) is 32.8 Å². The Morgan fingerprint density at radius 2 is 2.06 bits per heavy atom. The van der Waals surface area contributed by atoms with Gasteiger partial charge < -0.3 is 15.4 Å². The molecule has 1 aliphatic heterocycles. The van der Waals surface area contributed by atoms with Crippen molar-refractivity contribution in [2.24, 2.45) is 5.92 Å². The van der Waals surface area contributed by atoms with Crippen molar-refractivity contribution in [1.29, 1.82) is 0 Å². The molecule has 0 aromatic rings. The zero-order valence-corrected chi connectivity index (χ0v) is 10.3. The molecule has 2 aliphatic rings. The van der Waals surface area contributed by atoms with Gasteiger partial charge in [0, 0.05) is 25.7 Å². The summed E-state index contributed by atoms with van der Waals surface area (Å²) in [6.45, 7) is 5.18. The zero-order chi connectivity index (χ0) is 11.1. The van der Waals surface area contributed by atoms with Gasteiger partial charge in [-0.1, -0.05) is 12.8 Å². The Balaban J connectivity index is 1.40. The molecule has 2 rings (SSSR count). The van der Waals surface area contributed by atoms with Gasteiger partial charge in [-0.25, -0.2) is 0 Å². The van der Waals surface area contributed by atoms with Gasteiger partial charge in [-0.15, -0.1) is 0 Å². The highest BCUT2D eigenvalue weighted by molar-refractivity contribution is 4.73. The third-order valence-electron chi connectivity index (χ3n) is 3.53. The fourth-order valence-electron chi connectivity index (χ4n) is 2.23. The summed E-state index contributed by atoms with van der Waals surface area (Å²) in [5.41, 5.74) is 0. The summed E-state index contributed by atoms with van der Waals surface area (Å²) in [4.78, 5) is 0. The van der Waals surface area contributed by atoms with Gasteiger partial charge in [0.05, 0.1) is 6.61 Å². The molecule has 3 heteroatoms. The molecular formula is C13H26N2O. The maximum atomic E-state index is 5.59. The van der Waals surface area contributed by atoms with Gasteiger partial charge in [0.2, 0.25) is 0 Å². The molecule has 1 unspecified atom stereocenters. The lowest BCUT2D eigenvalue weighted by atomic mass is 10.1. The standard InChI is InChI=1S/C13H26N2O/c1-2-4-13(15-7-3-1)10-14-8-9-16-11-12-5-6-12/h12-15H,1-11H2. The van der Waals surface area contributed by atoms with Crippen molar-refractivity contribution in [1.82, 2.24) is 10.6 Å². The highest BCUT2D eigenvalue weighted by atomic mass is 16.5. The molecule has 2 fully saturated rings. The lowest BCUT2D eigenvalue weighted by molar-refractivity contribution is 0.126. The molecule has 1 aliphatic carbocycles. The summed E-state index contributed by atoms with van der Waals surface area (Å²) in [6.07, 6.45) is 8.24. The quantitative estimate of drug-likeness (QED) is 0.646. The SMILES string of the molecule is C1CCNC(CNCCOCC2CC2)CC1. The van der Waals surface area contributed by atoms with E-state index in [0.717, 1.165) is 32.2 Å². The number of nitrogens with one attached hydrogen (secondary N) is 2. The van der Waals surface area contributed by atoms with Gasteiger partial charge in [0.25, 0.3) is 0 Å². The molecule has 1 heterocycles. The number of hydrogen-bond donors (Lipinski definition) is 2. The fraction of sp³-hybridized carbons (Fsp3) is 1.00. The van der Waals surface area contributed by atoms with Crippen LogP contribution in [-0.2, 0) is 4.74 Å². The van der Waals surface area contributed by atoms with E-state index in [2.05, 4.69) is 10.6 Å². The minimum atomic E-state index is 0.686. The monoisotopic (exact) mass is 226 g/mol. The Kier molecular flexibility index (Phi) is 5.59. The molecule has 2 N–H and O–H groups in total. The van der Waals surface area contributed by atoms with Crippen molar-refractivity contribution in [3.05, 3.63) is 0 Å². The van der Waals surface area contributed by atoms with Crippen LogP contribution in [0, 0.1) is 5.92 Å². The first kappa shape index (κ1) is 12.3. The van der Waals surface area contributed by atoms with Crippen LogP contribution in [0.2, 0.25) is 0 Å². The van der Waals surface area contributed by atoms with Crippen LogP contribution in [-0.4, -0.2) is 38.9 Å². The second-order valence-electron chi connectivity index (χ2n) is 5.22. The van der Waals surface area contributed by atoms with Crippen LogP contribution in [0.25, 0.3) is 0 Å². The maximum Gasteiger partial charge on any atom is 0.0591 e. The van der Waals surface area contributed by atoms with Crippen LogP contribution < -0.4 is 10.6 Å². The van der Waals surface area contributed by atoms with Crippen molar-refractivity contribution in [3.63, 3.8) is 0 Å². The van der Waals surface area contributed by atoms with Gasteiger partial charge in [-0.05, 0) is 38.1 Å². The predicted octanol–water partition coefficient (Wildman–Crippen LogP) is 1.53. The molecule has 1 atom stereocenters. The molecule has 0 amide bonds. The zero-order valence-electron chi connectivity index (χ0n) is 10.3. The fourth-order valence-corrected chi connectivity index (χ4v) is 2.23. The van der Waals surface area contributed by atoms with Gasteiger partial charge in [-0.2, -0.15) is 0 Å². The molecule has 3 nitrogen and oxygen atoms in total. The van der Waals surface area contributed by atoms with E-state index in [9.17, 15) is 0 Å². The number of rotatable bonds is 7. The summed E-state index contributed by atoms with van der Waals surface area (Å²) in [6, 6.07) is 0.686. The van der Waals surface area contributed by atoms with E-state index in [4.69, 9.17) is 4.74 Å². The number of hydrogen-bond acceptors (Lipinski definition) is 3. The Morgan fingerprint density at radius 3 is 2.94 bits per heavy atom. The number of ether oxygens (including phenoxy) is 1. The molecule has 0 aromatic heterocycles. The van der Waals surface area contributed by atoms with E-state index in [1.165, 1.54) is 45.1 Å². The molecular weight excluding hydrogens is 200 g/mol. The minimum absolute atomic E-state index is 0.686. The van der Waals surface area contributed by atoms with E-state index >= 15 is 0 Å². The average molecular weight is 226 g/mol. The Morgan fingerprint density at radius 1 is 1.12 bits per heavy atom. The summed E-state index contributed by atoms with van der Waals surface area (Å²) < 4.78 is 5.59. The Hall–Kier alpha value is -0.120. The first-order valence-corrected chi connectivity index (χ1v) is 6.97. The first-order chi connectivity index (χ1) is 7.95. The van der Waals surface area contributed by atoms with E-state index in [0.29, 0.717) is 6.04 Å². The van der Waals surface area contributed by atoms with E-state index in [1.807, 2.05) is 0 Å². The van der Waals surface area contributed by atoms with Crippen LogP contribution in [0.5, 0.6) is 0 Å². The second kappa shape index (κ2) is 7.25. The summed E-state index contributed by atoms with van der Waals surface area (Å²) in [7, 11) is 0. The lowest BCUT2D eigenvalue weighted by Gasteiger charge is -2.16. The summed E-state index contributed by atoms with van der Waals surface area (Å²) in [5.74, 6) is 0.892. The first-order valence-electron chi connectivity index (χ1n) is 6.97. The predicted molar refractivity (Wildman–Crippen MR) is 66.7 cm³/mol. The van der Waals surface area contributed by atoms with Crippen LogP contribution in [0.1, 0.15) is 38.5 Å². The smallest absolute Gasteiger partial charge is 0.0591 e. The largest absolute Gasteiger partial charge is 0.380 e. The van der Waals surface area contributed by atoms with Crippen molar-refractivity contribution < 1.29 is 4.74 Å². The third kappa shape index (κ3) is 5.28. The average Bonchev–Trinajstić information content (AvgIpc) is 3.10. The van der Waals surface area contributed by atoms with Crippen LogP contribution in [0.15, 0.2) is 0 Å². The third-order valence-corrected chi connectivity index (χ3v) is 3.53. The summed E-state index contributed by atoms with van der Waals surface area (Å²) >= 11 is 0. The Bertz CT molecular complexity index is 175. The molecule has 0 spiro atoms. The lowest BCUT2D eigenvalue weighted by Crippen LogP contribution is -2.39. The summed E-state index contributed by atoms with van der Waals surface area (Å²) in [5, 5.41) is 7.09. The molecule has 1 saturated carbocycles. The van der Waals surface area contributed by atoms with Crippen LogP contribution >= 0.6 is 0 Å². The van der Waals surface area contributed by atoms with E-state index in [1.54, 1.807) is 0 Å². The molecule has 0 aromatic carbocycles. The van der Waals surface area contributed by atoms with Crippen LogP contribution in [0.3, 0.4) is 0 Å². The molecule has 1 saturated heterocycles. The van der Waals surface area contributed by atoms with Crippen LogP contribution in [0.4, 0.5) is 0 Å². The van der Waals surface area contributed by atoms with Crippen molar-refractivity contribution in [2.45, 2.75) is 44.6 Å². The van der Waals surface area contributed by atoms with Gasteiger partial charge in [-0.3, -0.25) is 0 Å². The highest BCUT2D eigenvalue weighted by Crippen LogP contribution is 2.28. The highest BCUT2D eigenvalue weighted by Gasteiger charge is 2.20. The van der Waals surface area contributed by atoms with Crippen molar-refractivity contribution in [3.8, 4) is 0 Å². The molecule has 0 radical (unpaired) electrons. The Labute approximate surface area is 99.3 Å². The minimum Gasteiger partial charge on any atom is -0.380 e. The molecule has 94 valence electrons. The van der Waals surface area contributed by atoms with E-state index < -0.39 is 0 Å². The van der Waals surface area contributed by atoms with E-state index in [-0.39, 0.29) is 0 Å². The molecule has 0 bridgehead atoms. The second-order valence-corrected chi connectivity index (χ2v) is 5.22.